The van der Waals surface area contributed by atoms with E-state index < -0.39 is 0 Å². The molecule has 0 spiro atoms. The van der Waals surface area contributed by atoms with Crippen LogP contribution in [0.4, 0.5) is 11.6 Å². The van der Waals surface area contributed by atoms with Crippen molar-refractivity contribution in [3.63, 3.8) is 0 Å². The summed E-state index contributed by atoms with van der Waals surface area (Å²) in [4.78, 5) is 42.8. The van der Waals surface area contributed by atoms with Crippen LogP contribution in [0.2, 0.25) is 0 Å². The summed E-state index contributed by atoms with van der Waals surface area (Å²) in [5.41, 5.74) is 3.18. The number of nitrogens with zero attached hydrogens (tertiary/aromatic N) is 5. The second kappa shape index (κ2) is 12.0. The van der Waals surface area contributed by atoms with Gasteiger partial charge in [0.25, 0.3) is 5.56 Å². The first kappa shape index (κ1) is 28.0. The van der Waals surface area contributed by atoms with E-state index in [-0.39, 0.29) is 35.5 Å². The highest BCUT2D eigenvalue weighted by atomic mass is 16.5. The van der Waals surface area contributed by atoms with Crippen molar-refractivity contribution >= 4 is 28.5 Å². The number of aromatic nitrogens is 4. The molecule has 2 atom stereocenters. The fourth-order valence-electron chi connectivity index (χ4n) is 5.82. The second-order valence-corrected chi connectivity index (χ2v) is 11.6. The minimum atomic E-state index is -0.350. The van der Waals surface area contributed by atoms with Crippen LogP contribution >= 0.6 is 0 Å². The van der Waals surface area contributed by atoms with Crippen LogP contribution in [0.5, 0.6) is 5.75 Å². The molecular weight excluding hydrogens is 530 g/mol. The molecule has 10 nitrogen and oxygen atoms in total. The molecule has 218 valence electrons. The van der Waals surface area contributed by atoms with Crippen LogP contribution in [-0.2, 0) is 6.54 Å². The van der Waals surface area contributed by atoms with E-state index in [2.05, 4.69) is 32.5 Å². The molecule has 0 radical (unpaired) electrons. The first-order chi connectivity index (χ1) is 20.4. The molecule has 0 amide bonds. The van der Waals surface area contributed by atoms with Crippen LogP contribution in [-0.4, -0.2) is 69.5 Å². The molecule has 0 saturated carbocycles. The number of rotatable bonds is 9. The van der Waals surface area contributed by atoms with Crippen molar-refractivity contribution in [3.8, 4) is 5.75 Å². The average molecular weight is 568 g/mol. The highest BCUT2D eigenvalue weighted by molar-refractivity contribution is 5.99. The molecule has 2 aliphatic heterocycles. The molecule has 6 rings (SSSR count). The Morgan fingerprint density at radius 3 is 2.71 bits per heavy atom. The van der Waals surface area contributed by atoms with Gasteiger partial charge in [-0.3, -0.25) is 19.1 Å². The van der Waals surface area contributed by atoms with Crippen molar-refractivity contribution in [2.75, 3.05) is 38.5 Å². The minimum absolute atomic E-state index is 0.156. The number of likely N-dealkylation sites (tertiary alicyclic amines) is 1. The highest BCUT2D eigenvalue weighted by Gasteiger charge is 2.24. The lowest BCUT2D eigenvalue weighted by molar-refractivity contribution is 0.0937. The van der Waals surface area contributed by atoms with Crippen molar-refractivity contribution in [2.24, 2.45) is 5.92 Å². The van der Waals surface area contributed by atoms with E-state index >= 15 is 0 Å². The van der Waals surface area contributed by atoms with Gasteiger partial charge in [0.2, 0.25) is 5.95 Å². The SMILES string of the molecule is CC(C)C(=O)c1cc2cnc(Nc3ccc(OC4CCN(C)C4)cc3)nc2n(Cc2ccncc2C2CCNC2)c1=O. The summed E-state index contributed by atoms with van der Waals surface area (Å²) < 4.78 is 7.72. The Kier molecular flexibility index (Phi) is 7.99. The number of likely N-dealkylation sites (N-methyl/N-ethyl adjacent to an activating group) is 1. The lowest BCUT2D eigenvalue weighted by Gasteiger charge is -2.18. The molecule has 10 heteroatoms. The van der Waals surface area contributed by atoms with E-state index in [1.165, 1.54) is 0 Å². The van der Waals surface area contributed by atoms with Gasteiger partial charge in [0.05, 0.1) is 12.1 Å². The van der Waals surface area contributed by atoms with Crippen LogP contribution in [0.15, 0.2) is 59.8 Å². The van der Waals surface area contributed by atoms with Crippen molar-refractivity contribution < 1.29 is 9.53 Å². The smallest absolute Gasteiger partial charge is 0.263 e. The van der Waals surface area contributed by atoms with Crippen molar-refractivity contribution in [2.45, 2.75) is 45.3 Å². The molecule has 42 heavy (non-hydrogen) atoms. The van der Waals surface area contributed by atoms with Gasteiger partial charge >= 0.3 is 0 Å². The number of benzene rings is 1. The maximum Gasteiger partial charge on any atom is 0.263 e. The van der Waals surface area contributed by atoms with Gasteiger partial charge in [0.1, 0.15) is 17.5 Å². The van der Waals surface area contributed by atoms with Gasteiger partial charge in [-0.15, -0.1) is 0 Å². The number of pyridine rings is 2. The third-order valence-electron chi connectivity index (χ3n) is 8.15. The number of hydrogen-bond acceptors (Lipinski definition) is 9. The predicted molar refractivity (Wildman–Crippen MR) is 163 cm³/mol. The molecular formula is C32H37N7O3. The van der Waals surface area contributed by atoms with E-state index in [1.807, 2.05) is 36.5 Å². The first-order valence-corrected chi connectivity index (χ1v) is 14.7. The van der Waals surface area contributed by atoms with Crippen LogP contribution in [0, 0.1) is 5.92 Å². The Morgan fingerprint density at radius 2 is 2.00 bits per heavy atom. The van der Waals surface area contributed by atoms with Crippen LogP contribution in [0.3, 0.4) is 0 Å². The summed E-state index contributed by atoms with van der Waals surface area (Å²) in [6.45, 7) is 7.68. The molecule has 0 aliphatic carbocycles. The van der Waals surface area contributed by atoms with Crippen LogP contribution in [0.25, 0.3) is 11.0 Å². The first-order valence-electron chi connectivity index (χ1n) is 14.7. The van der Waals surface area contributed by atoms with E-state index in [1.54, 1.807) is 36.9 Å². The van der Waals surface area contributed by atoms with Gasteiger partial charge in [0, 0.05) is 55.2 Å². The summed E-state index contributed by atoms with van der Waals surface area (Å²) in [5.74, 6) is 0.999. The quantitative estimate of drug-likeness (QED) is 0.290. The molecule has 2 saturated heterocycles. The number of Topliss-reactive ketones (excluding diaryl/α,β-unsaturated/α-hetero) is 1. The average Bonchev–Trinajstić information content (AvgIpc) is 3.67. The molecule has 3 aromatic heterocycles. The molecule has 2 unspecified atom stereocenters. The minimum Gasteiger partial charge on any atom is -0.489 e. The largest absolute Gasteiger partial charge is 0.489 e. The molecule has 2 N–H and O–H groups in total. The molecule has 1 aromatic carbocycles. The maximum atomic E-state index is 13.9. The topological polar surface area (TPSA) is 114 Å². The zero-order chi connectivity index (χ0) is 29.2. The Bertz CT molecular complexity index is 1640. The number of ether oxygens (including phenoxy) is 1. The lowest BCUT2D eigenvalue weighted by atomic mass is 9.95. The van der Waals surface area contributed by atoms with Gasteiger partial charge in [-0.2, -0.15) is 4.98 Å². The normalized spacial score (nSPS) is 19.0. The second-order valence-electron chi connectivity index (χ2n) is 11.6. The summed E-state index contributed by atoms with van der Waals surface area (Å²) in [6.07, 6.45) is 7.54. The molecule has 5 heterocycles. The summed E-state index contributed by atoms with van der Waals surface area (Å²) in [7, 11) is 2.10. The van der Waals surface area contributed by atoms with Gasteiger partial charge in [-0.25, -0.2) is 4.98 Å². The van der Waals surface area contributed by atoms with E-state index in [4.69, 9.17) is 9.72 Å². The third kappa shape index (κ3) is 5.91. The molecule has 4 aromatic rings. The van der Waals surface area contributed by atoms with Crippen molar-refractivity contribution in [1.82, 2.24) is 29.7 Å². The van der Waals surface area contributed by atoms with E-state index in [0.29, 0.717) is 22.9 Å². The Morgan fingerprint density at radius 1 is 1.17 bits per heavy atom. The number of anilines is 2. The number of fused-ring (bicyclic) bond motifs is 1. The molecule has 2 fully saturated rings. The maximum absolute atomic E-state index is 13.9. The van der Waals surface area contributed by atoms with Gasteiger partial charge < -0.3 is 20.3 Å². The number of carbonyl (C=O) groups excluding carboxylic acids is 1. The number of ketones is 1. The number of hydrogen-bond donors (Lipinski definition) is 2. The fourth-order valence-corrected chi connectivity index (χ4v) is 5.82. The summed E-state index contributed by atoms with van der Waals surface area (Å²) >= 11 is 0. The van der Waals surface area contributed by atoms with Gasteiger partial charge in [-0.1, -0.05) is 13.8 Å². The zero-order valence-corrected chi connectivity index (χ0v) is 24.3. The predicted octanol–water partition coefficient (Wildman–Crippen LogP) is 3.98. The van der Waals surface area contributed by atoms with Crippen LogP contribution in [0.1, 0.15) is 54.1 Å². The standard InChI is InChI=1S/C32H37N7O3/c1-20(2)29(40)27-14-23-16-35-32(36-24-4-6-25(7-5-24)42-26-10-13-38(3)19-26)37-30(23)39(31(27)41)18-22-9-12-34-17-28(22)21-8-11-33-15-21/h4-7,9,12,14,16-17,20-21,26,33H,8,10-11,13,15,18-19H2,1-3H3,(H,35,36,37). The lowest BCUT2D eigenvalue weighted by Crippen LogP contribution is -2.30. The van der Waals surface area contributed by atoms with E-state index in [9.17, 15) is 9.59 Å². The monoisotopic (exact) mass is 567 g/mol. The molecule has 0 bridgehead atoms. The van der Waals surface area contributed by atoms with E-state index in [0.717, 1.165) is 61.6 Å². The van der Waals surface area contributed by atoms with Gasteiger partial charge in [0.15, 0.2) is 5.78 Å². The highest BCUT2D eigenvalue weighted by Crippen LogP contribution is 2.27. The number of nitrogens with one attached hydrogen (secondary N) is 2. The summed E-state index contributed by atoms with van der Waals surface area (Å²) in [6, 6.07) is 11.3. The van der Waals surface area contributed by atoms with Crippen molar-refractivity contribution in [1.29, 1.82) is 0 Å². The van der Waals surface area contributed by atoms with Crippen LogP contribution < -0.4 is 20.9 Å². The molecule has 2 aliphatic rings. The zero-order valence-electron chi connectivity index (χ0n) is 24.3. The number of carbonyl (C=O) groups is 1. The van der Waals surface area contributed by atoms with Gasteiger partial charge in [-0.05, 0) is 79.9 Å². The summed E-state index contributed by atoms with van der Waals surface area (Å²) in [5, 5.41) is 7.31. The van der Waals surface area contributed by atoms with Crippen molar-refractivity contribution in [3.05, 3.63) is 82.0 Å². The Labute approximate surface area is 245 Å². The Hall–Kier alpha value is -4.15. The Balaban J connectivity index is 1.33. The third-order valence-corrected chi connectivity index (χ3v) is 8.15. The fraction of sp³-hybridized carbons (Fsp3) is 0.406.